The van der Waals surface area contributed by atoms with Crippen LogP contribution in [0.15, 0.2) is 0 Å². The quantitative estimate of drug-likeness (QED) is 0.321. The van der Waals surface area contributed by atoms with Crippen molar-refractivity contribution in [3.8, 4) is 0 Å². The Morgan fingerprint density at radius 3 is 0.471 bits per heavy atom. The molecule has 0 spiro atoms. The van der Waals surface area contributed by atoms with Crippen LogP contribution in [-0.4, -0.2) is 52.6 Å². The van der Waals surface area contributed by atoms with Gasteiger partial charge in [0.1, 0.15) is 0 Å². The Morgan fingerprint density at radius 1 is 0.471 bits per heavy atom. The van der Waals surface area contributed by atoms with Gasteiger partial charge in [-0.05, 0) is 0 Å². The SMILES string of the molecule is O=S(=O)([O-])[O-].O=S(=O)([O-])[O-].O=S(=O)([O-])[O-].[Co].[NH4+]. The van der Waals surface area contributed by atoms with E-state index in [9.17, 15) is 0 Å². The number of rotatable bonds is 0. The fraction of sp³-hybridized carbons (Fsp3) is 0. The fourth-order valence-corrected chi connectivity index (χ4v) is 0. The summed E-state index contributed by atoms with van der Waals surface area (Å²) in [6, 6.07) is 0. The molecule has 0 saturated heterocycles. The van der Waals surface area contributed by atoms with E-state index in [0.29, 0.717) is 0 Å². The Kier molecular flexibility index (Phi) is 19.9. The molecule has 0 atom stereocenters. The van der Waals surface area contributed by atoms with Gasteiger partial charge in [0.2, 0.25) is 0 Å². The first-order valence-electron chi connectivity index (χ1n) is 2.00. The average molecular weight is 365 g/mol. The van der Waals surface area contributed by atoms with E-state index in [1.54, 1.807) is 0 Å². The van der Waals surface area contributed by atoms with Crippen LogP contribution >= 0.6 is 0 Å². The minimum atomic E-state index is -5.17. The predicted molar refractivity (Wildman–Crippen MR) is 37.4 cm³/mol. The van der Waals surface area contributed by atoms with Crippen molar-refractivity contribution in [1.29, 1.82) is 0 Å². The summed E-state index contributed by atoms with van der Waals surface area (Å²) in [5.41, 5.74) is 0. The van der Waals surface area contributed by atoms with Gasteiger partial charge in [-0.2, -0.15) is 0 Å². The summed E-state index contributed by atoms with van der Waals surface area (Å²) in [7, 11) is -15.5. The molecule has 0 saturated carbocycles. The Morgan fingerprint density at radius 2 is 0.471 bits per heavy atom. The molecule has 0 aliphatic rings. The molecule has 4 N–H and O–H groups in total. The second-order valence-corrected chi connectivity index (χ2v) is 3.67. The van der Waals surface area contributed by atoms with Gasteiger partial charge in [0.15, 0.2) is 0 Å². The van der Waals surface area contributed by atoms with Gasteiger partial charge >= 0.3 is 0 Å². The van der Waals surface area contributed by atoms with Crippen LogP contribution in [0.5, 0.6) is 0 Å². The maximum absolute atomic E-state index is 8.52. The molecule has 0 unspecified atom stereocenters. The zero-order chi connectivity index (χ0) is 13.5. The predicted octanol–water partition coefficient (Wildman–Crippen LogP) is -3.64. The third-order valence-corrected chi connectivity index (χ3v) is 0. The second-order valence-electron chi connectivity index (χ2n) is 1.22. The average Bonchev–Trinajstić information content (AvgIpc) is 1.41. The van der Waals surface area contributed by atoms with Crippen LogP contribution in [-0.2, 0) is 48.0 Å². The molecule has 0 aromatic rings. The largest absolute Gasteiger partial charge is 0.759 e. The minimum Gasteiger partial charge on any atom is -0.759 e. The van der Waals surface area contributed by atoms with Crippen LogP contribution in [0.2, 0.25) is 0 Å². The molecular weight excluding hydrogens is 361 g/mol. The molecule has 0 bridgehead atoms. The first kappa shape index (κ1) is 30.3. The van der Waals surface area contributed by atoms with Crippen molar-refractivity contribution in [2.24, 2.45) is 0 Å². The molecule has 0 heterocycles. The van der Waals surface area contributed by atoms with Gasteiger partial charge in [-0.15, -0.1) is 0 Å². The molecule has 0 aromatic carbocycles. The first-order chi connectivity index (χ1) is 6.00. The van der Waals surface area contributed by atoms with Crippen molar-refractivity contribution in [2.45, 2.75) is 0 Å². The normalized spacial score (nSPS) is 10.2. The fourth-order valence-electron chi connectivity index (χ4n) is 0. The molecule has 0 aliphatic heterocycles. The van der Waals surface area contributed by atoms with E-state index < -0.39 is 31.2 Å². The van der Waals surface area contributed by atoms with Gasteiger partial charge in [0.05, 0.1) is 0 Å². The molecule has 0 fully saturated rings. The number of hydrogen-bond donors (Lipinski definition) is 1. The van der Waals surface area contributed by atoms with E-state index in [-0.39, 0.29) is 22.9 Å². The molecule has 0 rings (SSSR count). The van der Waals surface area contributed by atoms with Gasteiger partial charge in [0.25, 0.3) is 0 Å². The van der Waals surface area contributed by atoms with Crippen molar-refractivity contribution < 1.29 is 69.3 Å². The Labute approximate surface area is 107 Å². The van der Waals surface area contributed by atoms with Gasteiger partial charge in [0, 0.05) is 48.0 Å². The Hall–Kier alpha value is 0.0765. The van der Waals surface area contributed by atoms with E-state index in [1.165, 1.54) is 0 Å². The molecule has 113 valence electrons. The Bertz CT molecular complexity index is 343. The minimum absolute atomic E-state index is 0. The maximum atomic E-state index is 8.52. The van der Waals surface area contributed by atoms with Crippen LogP contribution < -0.4 is 6.15 Å². The standard InChI is InChI=1S/Co.H3N.3H2O4S/c;;3*1-5(2,3)4/h;1H3;3*(H2,1,2,3,4)/p-5. The molecule has 17 heteroatoms. The molecule has 0 amide bonds. The Balaban J connectivity index is -0.0000000400. The van der Waals surface area contributed by atoms with Crippen molar-refractivity contribution in [3.05, 3.63) is 0 Å². The number of quaternary nitrogens is 1. The van der Waals surface area contributed by atoms with E-state index in [2.05, 4.69) is 0 Å². The first-order valence-corrected chi connectivity index (χ1v) is 6.00. The summed E-state index contributed by atoms with van der Waals surface area (Å²) in [4.78, 5) is 0. The molecule has 0 aromatic heterocycles. The molecular formula is H4CoNO12S3-5. The summed E-state index contributed by atoms with van der Waals surface area (Å²) >= 11 is 0. The summed E-state index contributed by atoms with van der Waals surface area (Å²) in [6.07, 6.45) is 0. The van der Waals surface area contributed by atoms with Gasteiger partial charge in [-0.1, -0.05) is 0 Å². The van der Waals surface area contributed by atoms with Crippen LogP contribution in [0.1, 0.15) is 0 Å². The van der Waals surface area contributed by atoms with Crippen LogP contribution in [0, 0.1) is 0 Å². The summed E-state index contributed by atoms with van der Waals surface area (Å²) < 4.78 is 102. The van der Waals surface area contributed by atoms with Gasteiger partial charge in [-0.3, -0.25) is 25.3 Å². The van der Waals surface area contributed by atoms with E-state index in [4.69, 9.17) is 52.6 Å². The van der Waals surface area contributed by atoms with Crippen LogP contribution in [0.25, 0.3) is 0 Å². The molecule has 17 heavy (non-hydrogen) atoms. The summed E-state index contributed by atoms with van der Waals surface area (Å²) in [5.74, 6) is 0. The van der Waals surface area contributed by atoms with Crippen molar-refractivity contribution in [3.63, 3.8) is 0 Å². The monoisotopic (exact) mass is 365 g/mol. The smallest absolute Gasteiger partial charge is 0.0311 e. The molecule has 0 aliphatic carbocycles. The second kappa shape index (κ2) is 11.2. The molecule has 1 radical (unpaired) electrons. The summed E-state index contributed by atoms with van der Waals surface area (Å²) in [6.45, 7) is 0. The van der Waals surface area contributed by atoms with Crippen molar-refractivity contribution in [1.82, 2.24) is 6.15 Å². The zero-order valence-electron chi connectivity index (χ0n) is 7.46. The molecule has 13 nitrogen and oxygen atoms in total. The van der Waals surface area contributed by atoms with Crippen LogP contribution in [0.4, 0.5) is 0 Å². The zero-order valence-corrected chi connectivity index (χ0v) is 10.9. The van der Waals surface area contributed by atoms with Crippen molar-refractivity contribution >= 4 is 31.2 Å². The van der Waals surface area contributed by atoms with Gasteiger partial charge in [-0.25, -0.2) is 0 Å². The van der Waals surface area contributed by atoms with E-state index >= 15 is 0 Å². The maximum Gasteiger partial charge on any atom is 0.0311 e. The summed E-state index contributed by atoms with van der Waals surface area (Å²) in [5, 5.41) is 0. The van der Waals surface area contributed by atoms with Crippen LogP contribution in [0.3, 0.4) is 0 Å². The topological polar surface area (TPSA) is 277 Å². The third kappa shape index (κ3) is 544000. The third-order valence-electron chi connectivity index (χ3n) is 0. The van der Waals surface area contributed by atoms with E-state index in [1.807, 2.05) is 0 Å². The van der Waals surface area contributed by atoms with E-state index in [0.717, 1.165) is 0 Å². The number of hydrogen-bond acceptors (Lipinski definition) is 12. The van der Waals surface area contributed by atoms with Gasteiger partial charge < -0.3 is 33.5 Å². The van der Waals surface area contributed by atoms with Crippen molar-refractivity contribution in [2.75, 3.05) is 0 Å².